The zero-order valence-corrected chi connectivity index (χ0v) is 7.81. The van der Waals surface area contributed by atoms with Crippen LogP contribution in [0.25, 0.3) is 0 Å². The standard InChI is InChI=1S/C8H13BN2O2/c1-11(2)6-7-4-3-5-10-8(7)9(12)13/h3-5,12-13H,6H2,1-2H3. The Hall–Kier alpha value is -0.905. The Balaban J connectivity index is 2.91. The van der Waals surface area contributed by atoms with Gasteiger partial charge in [0.15, 0.2) is 0 Å². The Morgan fingerprint density at radius 3 is 2.69 bits per heavy atom. The number of hydrogen-bond donors (Lipinski definition) is 2. The van der Waals surface area contributed by atoms with E-state index in [1.807, 2.05) is 25.1 Å². The molecule has 0 spiro atoms. The first-order chi connectivity index (χ1) is 6.11. The molecule has 13 heavy (non-hydrogen) atoms. The van der Waals surface area contributed by atoms with Gasteiger partial charge < -0.3 is 14.9 Å². The Morgan fingerprint density at radius 2 is 2.15 bits per heavy atom. The minimum atomic E-state index is -1.49. The topological polar surface area (TPSA) is 56.6 Å². The van der Waals surface area contributed by atoms with Crippen molar-refractivity contribution in [1.82, 2.24) is 9.88 Å². The first-order valence-corrected chi connectivity index (χ1v) is 4.06. The second-order valence-corrected chi connectivity index (χ2v) is 3.16. The molecule has 5 heteroatoms. The van der Waals surface area contributed by atoms with E-state index in [0.717, 1.165) is 5.56 Å². The average molecular weight is 180 g/mol. The fourth-order valence-electron chi connectivity index (χ4n) is 1.16. The van der Waals surface area contributed by atoms with E-state index in [1.54, 1.807) is 12.3 Å². The van der Waals surface area contributed by atoms with Crippen molar-refractivity contribution in [2.45, 2.75) is 6.54 Å². The summed E-state index contributed by atoms with van der Waals surface area (Å²) in [6, 6.07) is 3.62. The molecule has 1 heterocycles. The lowest BCUT2D eigenvalue weighted by Gasteiger charge is -2.12. The molecular weight excluding hydrogens is 167 g/mol. The Labute approximate surface area is 78.0 Å². The molecule has 0 aliphatic rings. The van der Waals surface area contributed by atoms with E-state index < -0.39 is 7.12 Å². The Kier molecular flexibility index (Phi) is 3.42. The highest BCUT2D eigenvalue weighted by Gasteiger charge is 2.17. The summed E-state index contributed by atoms with van der Waals surface area (Å²) in [5, 5.41) is 18.0. The van der Waals surface area contributed by atoms with Crippen molar-refractivity contribution >= 4 is 12.7 Å². The van der Waals surface area contributed by atoms with Gasteiger partial charge >= 0.3 is 7.12 Å². The molecule has 1 aromatic heterocycles. The molecule has 0 aromatic carbocycles. The molecule has 0 saturated heterocycles. The van der Waals surface area contributed by atoms with Crippen LogP contribution in [0.1, 0.15) is 5.56 Å². The number of rotatable bonds is 3. The normalized spacial score (nSPS) is 10.5. The van der Waals surface area contributed by atoms with Gasteiger partial charge in [-0.2, -0.15) is 0 Å². The first-order valence-electron chi connectivity index (χ1n) is 4.06. The van der Waals surface area contributed by atoms with Crippen molar-refractivity contribution in [1.29, 1.82) is 0 Å². The predicted molar refractivity (Wildman–Crippen MR) is 51.5 cm³/mol. The van der Waals surface area contributed by atoms with Gasteiger partial charge in [-0.1, -0.05) is 6.07 Å². The summed E-state index contributed by atoms with van der Waals surface area (Å²) in [5.41, 5.74) is 1.17. The van der Waals surface area contributed by atoms with E-state index in [-0.39, 0.29) is 0 Å². The molecule has 0 fully saturated rings. The summed E-state index contributed by atoms with van der Waals surface area (Å²) >= 11 is 0. The molecule has 0 atom stereocenters. The lowest BCUT2D eigenvalue weighted by molar-refractivity contribution is 0.398. The minimum Gasteiger partial charge on any atom is -0.422 e. The SMILES string of the molecule is CN(C)Cc1cccnc1B(O)O. The molecule has 70 valence electrons. The fourth-order valence-corrected chi connectivity index (χ4v) is 1.16. The quantitative estimate of drug-likeness (QED) is 0.575. The first kappa shape index (κ1) is 10.2. The van der Waals surface area contributed by atoms with Crippen LogP contribution in [0.4, 0.5) is 0 Å². The lowest BCUT2D eigenvalue weighted by Crippen LogP contribution is -2.37. The van der Waals surface area contributed by atoms with Crippen LogP contribution in [0, 0.1) is 0 Å². The summed E-state index contributed by atoms with van der Waals surface area (Å²) in [6.07, 6.45) is 1.55. The third-order valence-electron chi connectivity index (χ3n) is 1.66. The highest BCUT2D eigenvalue weighted by atomic mass is 16.4. The zero-order valence-electron chi connectivity index (χ0n) is 7.81. The van der Waals surface area contributed by atoms with Gasteiger partial charge in [-0.25, -0.2) is 0 Å². The maximum Gasteiger partial charge on any atom is 0.508 e. The predicted octanol–water partition coefficient (Wildman–Crippen LogP) is -1.18. The van der Waals surface area contributed by atoms with Crippen LogP contribution in [0.15, 0.2) is 18.3 Å². The summed E-state index contributed by atoms with van der Waals surface area (Å²) in [4.78, 5) is 5.85. The number of aromatic nitrogens is 1. The van der Waals surface area contributed by atoms with Gasteiger partial charge in [-0.05, 0) is 25.7 Å². The number of pyridine rings is 1. The van der Waals surface area contributed by atoms with Gasteiger partial charge in [0.2, 0.25) is 0 Å². The van der Waals surface area contributed by atoms with Crippen LogP contribution >= 0.6 is 0 Å². The maximum atomic E-state index is 8.99. The van der Waals surface area contributed by atoms with Gasteiger partial charge in [-0.3, -0.25) is 4.98 Å². The summed E-state index contributed by atoms with van der Waals surface area (Å²) in [6.45, 7) is 0.654. The smallest absolute Gasteiger partial charge is 0.422 e. The van der Waals surface area contributed by atoms with Crippen LogP contribution in [0.3, 0.4) is 0 Å². The number of nitrogens with zero attached hydrogens (tertiary/aromatic N) is 2. The largest absolute Gasteiger partial charge is 0.508 e. The van der Waals surface area contributed by atoms with E-state index in [9.17, 15) is 0 Å². The Bertz CT molecular complexity index is 279. The molecule has 2 N–H and O–H groups in total. The van der Waals surface area contributed by atoms with Gasteiger partial charge in [0.1, 0.15) is 0 Å². The molecule has 0 saturated carbocycles. The van der Waals surface area contributed by atoms with Crippen LogP contribution in [-0.4, -0.2) is 41.1 Å². The van der Waals surface area contributed by atoms with E-state index in [0.29, 0.717) is 12.1 Å². The molecule has 0 aliphatic carbocycles. The van der Waals surface area contributed by atoms with Crippen molar-refractivity contribution in [2.75, 3.05) is 14.1 Å². The van der Waals surface area contributed by atoms with E-state index in [2.05, 4.69) is 4.98 Å². The lowest BCUT2D eigenvalue weighted by atomic mass is 9.82. The van der Waals surface area contributed by atoms with Gasteiger partial charge in [-0.15, -0.1) is 0 Å². The van der Waals surface area contributed by atoms with Crippen LogP contribution in [0.2, 0.25) is 0 Å². The summed E-state index contributed by atoms with van der Waals surface area (Å²) in [5.74, 6) is 0. The van der Waals surface area contributed by atoms with Gasteiger partial charge in [0, 0.05) is 12.7 Å². The van der Waals surface area contributed by atoms with Crippen molar-refractivity contribution in [3.63, 3.8) is 0 Å². The molecule has 0 radical (unpaired) electrons. The van der Waals surface area contributed by atoms with Crippen molar-refractivity contribution < 1.29 is 10.0 Å². The van der Waals surface area contributed by atoms with Crippen LogP contribution < -0.4 is 5.59 Å². The maximum absolute atomic E-state index is 8.99. The molecule has 0 aliphatic heterocycles. The molecule has 1 aromatic rings. The Morgan fingerprint density at radius 1 is 1.46 bits per heavy atom. The van der Waals surface area contributed by atoms with E-state index in [1.165, 1.54) is 0 Å². The highest BCUT2D eigenvalue weighted by molar-refractivity contribution is 6.58. The molecule has 1 rings (SSSR count). The van der Waals surface area contributed by atoms with Crippen LogP contribution in [0.5, 0.6) is 0 Å². The molecular formula is C8H13BN2O2. The fraction of sp³-hybridized carbons (Fsp3) is 0.375. The van der Waals surface area contributed by atoms with Gasteiger partial charge in [0.25, 0.3) is 0 Å². The minimum absolute atomic E-state index is 0.330. The molecule has 4 nitrogen and oxygen atoms in total. The third kappa shape index (κ3) is 2.80. The van der Waals surface area contributed by atoms with Crippen LogP contribution in [-0.2, 0) is 6.54 Å². The van der Waals surface area contributed by atoms with Crippen molar-refractivity contribution in [3.8, 4) is 0 Å². The van der Waals surface area contributed by atoms with Gasteiger partial charge in [0.05, 0.1) is 5.59 Å². The second-order valence-electron chi connectivity index (χ2n) is 3.16. The van der Waals surface area contributed by atoms with E-state index in [4.69, 9.17) is 10.0 Å². The number of hydrogen-bond acceptors (Lipinski definition) is 4. The third-order valence-corrected chi connectivity index (χ3v) is 1.66. The van der Waals surface area contributed by atoms with Crippen molar-refractivity contribution in [2.24, 2.45) is 0 Å². The second kappa shape index (κ2) is 4.36. The molecule has 0 bridgehead atoms. The van der Waals surface area contributed by atoms with E-state index >= 15 is 0 Å². The zero-order chi connectivity index (χ0) is 9.84. The summed E-state index contributed by atoms with van der Waals surface area (Å²) in [7, 11) is 2.34. The van der Waals surface area contributed by atoms with Crippen molar-refractivity contribution in [3.05, 3.63) is 23.9 Å². The summed E-state index contributed by atoms with van der Waals surface area (Å²) < 4.78 is 0. The average Bonchev–Trinajstić information content (AvgIpc) is 2.03. The highest BCUT2D eigenvalue weighted by Crippen LogP contribution is 1.97. The molecule has 0 unspecified atom stereocenters. The molecule has 0 amide bonds. The monoisotopic (exact) mass is 180 g/mol.